The highest BCUT2D eigenvalue weighted by molar-refractivity contribution is 7.23. The zero-order chi connectivity index (χ0) is 39.6. The number of hydrazine groups is 1. The average Bonchev–Trinajstić information content (AvgIpc) is 3.90. The van der Waals surface area contributed by atoms with E-state index < -0.39 is 63.7 Å². The average molecular weight is 789 g/mol. The Morgan fingerprint density at radius 1 is 1.24 bits per heavy atom. The smallest absolute Gasteiger partial charge is 0.417 e. The van der Waals surface area contributed by atoms with Crippen LogP contribution < -0.4 is 26.9 Å². The summed E-state index contributed by atoms with van der Waals surface area (Å²) in [4.78, 5) is 27.2. The number of nitrogen functional groups attached to an aromatic ring is 1. The Morgan fingerprint density at radius 2 is 2.00 bits per heavy atom. The highest BCUT2D eigenvalue weighted by atomic mass is 32.1. The van der Waals surface area contributed by atoms with Crippen LogP contribution in [0.5, 0.6) is 6.01 Å². The number of anilines is 2. The predicted molar refractivity (Wildman–Crippen MR) is 195 cm³/mol. The fourth-order valence-electron chi connectivity index (χ4n) is 8.34. The second-order valence-electron chi connectivity index (χ2n) is 14.2. The first-order chi connectivity index (χ1) is 26.1. The zero-order valence-corrected chi connectivity index (χ0v) is 30.7. The highest BCUT2D eigenvalue weighted by Crippen LogP contribution is 2.48. The summed E-state index contributed by atoms with van der Waals surface area (Å²) in [6, 6.07) is 3.58. The van der Waals surface area contributed by atoms with Gasteiger partial charge < -0.3 is 31.0 Å². The number of carbonyl (C=O) groups is 1. The lowest BCUT2D eigenvalue weighted by Gasteiger charge is -2.32. The van der Waals surface area contributed by atoms with E-state index in [2.05, 4.69) is 9.97 Å². The fourth-order valence-corrected chi connectivity index (χ4v) is 9.29. The van der Waals surface area contributed by atoms with Gasteiger partial charge in [0, 0.05) is 68.2 Å². The summed E-state index contributed by atoms with van der Waals surface area (Å²) in [6.07, 6.45) is -2.96. The van der Waals surface area contributed by atoms with Crippen molar-refractivity contribution in [1.82, 2.24) is 24.8 Å². The van der Waals surface area contributed by atoms with E-state index in [-0.39, 0.29) is 82.8 Å². The Labute approximate surface area is 315 Å². The van der Waals surface area contributed by atoms with Gasteiger partial charge in [-0.3, -0.25) is 9.69 Å². The number of hydrogen-bond donors (Lipinski definition) is 3. The minimum absolute atomic E-state index is 0.0508. The van der Waals surface area contributed by atoms with Crippen LogP contribution >= 0.6 is 11.3 Å². The van der Waals surface area contributed by atoms with Gasteiger partial charge in [0.05, 0.1) is 21.4 Å². The van der Waals surface area contributed by atoms with Gasteiger partial charge in [-0.1, -0.05) is 6.07 Å². The van der Waals surface area contributed by atoms with Crippen LogP contribution in [0.2, 0.25) is 0 Å². The van der Waals surface area contributed by atoms with E-state index in [1.807, 2.05) is 11.0 Å². The highest BCUT2D eigenvalue weighted by Gasteiger charge is 2.49. The third-order valence-electron chi connectivity index (χ3n) is 10.7. The van der Waals surface area contributed by atoms with Crippen molar-refractivity contribution in [2.45, 2.75) is 56.5 Å². The van der Waals surface area contributed by atoms with E-state index in [0.717, 1.165) is 29.6 Å². The largest absolute Gasteiger partial charge is 0.461 e. The number of nitrogens with zero attached hydrogens (tertiary/aromatic N) is 7. The molecule has 12 nitrogen and oxygen atoms in total. The molecule has 2 aromatic carbocycles. The first-order valence-electron chi connectivity index (χ1n) is 17.6. The summed E-state index contributed by atoms with van der Waals surface area (Å²) >= 11 is 0.666. The summed E-state index contributed by atoms with van der Waals surface area (Å²) in [5.41, 5.74) is 7.57. The van der Waals surface area contributed by atoms with Crippen LogP contribution in [0.3, 0.4) is 0 Å². The van der Waals surface area contributed by atoms with E-state index in [1.54, 1.807) is 11.8 Å². The lowest BCUT2D eigenvalue weighted by Crippen LogP contribution is -2.43. The molecule has 292 valence electrons. The Morgan fingerprint density at radius 3 is 2.69 bits per heavy atom. The van der Waals surface area contributed by atoms with Crippen LogP contribution in [0.1, 0.15) is 43.7 Å². The maximum Gasteiger partial charge on any atom is 0.417 e. The molecule has 0 saturated carbocycles. The Hall–Kier alpha value is -5.06. The molecule has 55 heavy (non-hydrogen) atoms. The van der Waals surface area contributed by atoms with Crippen molar-refractivity contribution in [3.8, 4) is 23.2 Å². The normalized spacial score (nSPS) is 21.7. The number of halogens is 6. The van der Waals surface area contributed by atoms with E-state index in [9.17, 15) is 14.4 Å². The SMILES string of the molecule is CCN(c1nc(OCC23CCCN2CC(F)C3)nc2c(F)c(-c3ccc(F)c4sc(N)c(C#N)c34)c(C(F)(F)F)cc12)C1CCN(C(=O)/C(N)=C/N(C)N)C1. The molecule has 4 aromatic rings. The number of aromatic nitrogens is 2. The first kappa shape index (κ1) is 38.2. The number of hydrogen-bond acceptors (Lipinski definition) is 12. The number of nitriles is 1. The molecular formula is C36H38F6N10O2S. The number of ether oxygens (including phenoxy) is 1. The molecule has 2 aromatic heterocycles. The molecule has 3 atom stereocenters. The summed E-state index contributed by atoms with van der Waals surface area (Å²) in [7, 11) is 1.49. The van der Waals surface area contributed by atoms with Gasteiger partial charge in [-0.05, 0) is 50.4 Å². The van der Waals surface area contributed by atoms with Crippen LogP contribution in [-0.2, 0) is 11.0 Å². The number of amides is 1. The molecule has 0 bridgehead atoms. The molecule has 19 heteroatoms. The van der Waals surface area contributed by atoms with E-state index >= 15 is 22.0 Å². The number of likely N-dealkylation sites (tertiary alicyclic amines) is 1. The van der Waals surface area contributed by atoms with E-state index in [0.29, 0.717) is 30.7 Å². The van der Waals surface area contributed by atoms with Crippen molar-refractivity contribution in [2.75, 3.05) is 57.0 Å². The van der Waals surface area contributed by atoms with Crippen LogP contribution in [0.4, 0.5) is 37.2 Å². The number of likely N-dealkylation sites (N-methyl/N-ethyl adjacent to an activating group) is 1. The van der Waals surface area contributed by atoms with Gasteiger partial charge >= 0.3 is 12.2 Å². The predicted octanol–water partition coefficient (Wildman–Crippen LogP) is 5.25. The van der Waals surface area contributed by atoms with Crippen molar-refractivity contribution < 1.29 is 35.9 Å². The third-order valence-corrected chi connectivity index (χ3v) is 11.7. The molecule has 3 fully saturated rings. The monoisotopic (exact) mass is 788 g/mol. The topological polar surface area (TPSA) is 167 Å². The van der Waals surface area contributed by atoms with Gasteiger partial charge in [0.2, 0.25) is 0 Å². The van der Waals surface area contributed by atoms with Gasteiger partial charge in [0.25, 0.3) is 5.91 Å². The van der Waals surface area contributed by atoms with Gasteiger partial charge in [0.1, 0.15) is 46.7 Å². The Balaban J connectivity index is 1.41. The van der Waals surface area contributed by atoms with Crippen LogP contribution in [0.25, 0.3) is 32.1 Å². The number of rotatable bonds is 9. The molecule has 0 aliphatic carbocycles. The summed E-state index contributed by atoms with van der Waals surface area (Å²) < 4.78 is 98.3. The Kier molecular flexibility index (Phi) is 9.88. The maximum atomic E-state index is 17.3. The first-order valence-corrected chi connectivity index (χ1v) is 18.4. The number of fused-ring (bicyclic) bond motifs is 3. The standard InChI is InChI=1S/C36H38F6N10O2S/c1-3-52(19-7-10-50(15-19)33(53)25(44)16-49(2)46)32-21-11-23(36(40,41)42)27(20-5-6-24(38)30-26(20)22(13-43)31(45)55-30)28(39)29(21)47-34(48-32)54-17-35-8-4-9-51(35)14-18(37)12-35/h5-6,11,16,18-19H,3-4,7-10,12,14-15,17,44-46H2,1-2H3/b25-16-. The second kappa shape index (κ2) is 14.2. The van der Waals surface area contributed by atoms with Gasteiger partial charge in [-0.15, -0.1) is 11.3 Å². The number of carbonyl (C=O) groups excluding carboxylic acids is 1. The van der Waals surface area contributed by atoms with Gasteiger partial charge in [-0.25, -0.2) is 19.0 Å². The number of benzene rings is 2. The minimum Gasteiger partial charge on any atom is -0.461 e. The van der Waals surface area contributed by atoms with E-state index in [1.165, 1.54) is 18.1 Å². The van der Waals surface area contributed by atoms with Crippen LogP contribution in [0.15, 0.2) is 30.1 Å². The molecule has 6 N–H and O–H groups in total. The molecule has 3 unspecified atom stereocenters. The molecule has 3 saturated heterocycles. The Bertz CT molecular complexity index is 2260. The number of nitrogens with two attached hydrogens (primary N) is 3. The third kappa shape index (κ3) is 6.69. The van der Waals surface area contributed by atoms with Crippen molar-refractivity contribution >= 4 is 49.1 Å². The van der Waals surface area contributed by atoms with Crippen LogP contribution in [0, 0.1) is 23.0 Å². The minimum atomic E-state index is -5.16. The quantitative estimate of drug-likeness (QED) is 0.0878. The lowest BCUT2D eigenvalue weighted by molar-refractivity contribution is -0.137. The molecule has 3 aliphatic rings. The van der Waals surface area contributed by atoms with Crippen molar-refractivity contribution in [3.63, 3.8) is 0 Å². The number of alkyl halides is 4. The molecule has 1 amide bonds. The fraction of sp³-hybridized carbons (Fsp3) is 0.444. The molecule has 7 rings (SSSR count). The maximum absolute atomic E-state index is 17.3. The van der Waals surface area contributed by atoms with Crippen molar-refractivity contribution in [2.24, 2.45) is 11.6 Å². The molecular weight excluding hydrogens is 751 g/mol. The summed E-state index contributed by atoms with van der Waals surface area (Å²) in [5.74, 6) is 2.79. The van der Waals surface area contributed by atoms with Crippen molar-refractivity contribution in [1.29, 1.82) is 5.26 Å². The van der Waals surface area contributed by atoms with Crippen molar-refractivity contribution in [3.05, 3.63) is 52.9 Å². The lowest BCUT2D eigenvalue weighted by atomic mass is 9.92. The second-order valence-corrected chi connectivity index (χ2v) is 15.2. The van der Waals surface area contributed by atoms with Gasteiger partial charge in [0.15, 0.2) is 5.82 Å². The molecule has 0 spiro atoms. The van der Waals surface area contributed by atoms with Crippen LogP contribution in [-0.4, -0.2) is 94.8 Å². The molecule has 3 aliphatic heterocycles. The summed E-state index contributed by atoms with van der Waals surface area (Å²) in [5, 5.41) is 10.3. The number of thiophene rings is 1. The van der Waals surface area contributed by atoms with Gasteiger partial charge in [-0.2, -0.15) is 28.4 Å². The molecule has 5 heterocycles. The molecule has 0 radical (unpaired) electrons. The van der Waals surface area contributed by atoms with E-state index in [4.69, 9.17) is 22.0 Å². The zero-order valence-electron chi connectivity index (χ0n) is 29.9. The summed E-state index contributed by atoms with van der Waals surface area (Å²) in [6.45, 7) is 3.10.